The molecule has 6 heteroatoms. The van der Waals surface area contributed by atoms with Crippen LogP contribution in [0.4, 0.5) is 11.6 Å². The molecule has 2 heterocycles. The number of hydrogen-bond acceptors (Lipinski definition) is 6. The van der Waals surface area contributed by atoms with E-state index in [1.165, 1.54) is 0 Å². The molecule has 1 aliphatic rings. The van der Waals surface area contributed by atoms with Gasteiger partial charge in [-0.25, -0.2) is 15.8 Å². The Labute approximate surface area is 108 Å². The normalized spacial score (nSPS) is 24.2. The van der Waals surface area contributed by atoms with E-state index in [1.54, 1.807) is 0 Å². The van der Waals surface area contributed by atoms with Crippen LogP contribution in [0, 0.1) is 13.8 Å². The smallest absolute Gasteiger partial charge is 0.148 e. The van der Waals surface area contributed by atoms with Crippen LogP contribution in [0.25, 0.3) is 0 Å². The van der Waals surface area contributed by atoms with Crippen molar-refractivity contribution < 1.29 is 4.74 Å². The molecule has 0 radical (unpaired) electrons. The fourth-order valence-corrected chi connectivity index (χ4v) is 2.41. The number of aromatic nitrogens is 2. The zero-order chi connectivity index (χ0) is 13.3. The Morgan fingerprint density at radius 3 is 2.39 bits per heavy atom. The summed E-state index contributed by atoms with van der Waals surface area (Å²) in [5, 5.41) is 0. The highest BCUT2D eigenvalue weighted by Crippen LogP contribution is 2.25. The van der Waals surface area contributed by atoms with Gasteiger partial charge in [-0.2, -0.15) is 0 Å². The number of nitrogens with two attached hydrogens (primary N) is 1. The molecule has 0 aromatic carbocycles. The average Bonchev–Trinajstić information content (AvgIpc) is 2.30. The molecular formula is C12H21N5O. The molecule has 6 nitrogen and oxygen atoms in total. The predicted molar refractivity (Wildman–Crippen MR) is 71.5 cm³/mol. The summed E-state index contributed by atoms with van der Waals surface area (Å²) >= 11 is 0. The second kappa shape index (κ2) is 5.07. The Morgan fingerprint density at radius 1 is 1.22 bits per heavy atom. The molecule has 1 fully saturated rings. The number of rotatable bonds is 2. The van der Waals surface area contributed by atoms with Crippen LogP contribution in [0.15, 0.2) is 0 Å². The Hall–Kier alpha value is -1.40. The van der Waals surface area contributed by atoms with E-state index < -0.39 is 0 Å². The minimum Gasteiger partial charge on any atom is -0.372 e. The van der Waals surface area contributed by atoms with Crippen LogP contribution in [0.2, 0.25) is 0 Å². The number of aryl methyl sites for hydroxylation is 1. The molecule has 100 valence electrons. The van der Waals surface area contributed by atoms with Gasteiger partial charge in [-0.05, 0) is 27.7 Å². The summed E-state index contributed by atoms with van der Waals surface area (Å²) in [5.74, 6) is 7.83. The van der Waals surface area contributed by atoms with Gasteiger partial charge in [0.25, 0.3) is 0 Å². The average molecular weight is 251 g/mol. The molecule has 2 rings (SSSR count). The van der Waals surface area contributed by atoms with Crippen molar-refractivity contribution in [3.63, 3.8) is 0 Å². The SMILES string of the molecule is Cc1nc(NN)c(C)c(N2C[C@@H](C)O[C@@H](C)C2)n1. The molecule has 18 heavy (non-hydrogen) atoms. The number of nitrogens with zero attached hydrogens (tertiary/aromatic N) is 3. The standard InChI is InChI=1S/C12H21N5O/c1-7-5-17(6-8(2)18-7)12-9(3)11(16-13)14-10(4)15-12/h7-8H,5-6,13H2,1-4H3,(H,14,15,16)/t7-,8+. The van der Waals surface area contributed by atoms with Crippen molar-refractivity contribution in [2.45, 2.75) is 39.9 Å². The van der Waals surface area contributed by atoms with Gasteiger partial charge in [0.05, 0.1) is 12.2 Å². The van der Waals surface area contributed by atoms with Crippen molar-refractivity contribution in [3.05, 3.63) is 11.4 Å². The first kappa shape index (κ1) is 13.0. The third-order valence-corrected chi connectivity index (χ3v) is 3.09. The van der Waals surface area contributed by atoms with Gasteiger partial charge in [-0.1, -0.05) is 0 Å². The minimum absolute atomic E-state index is 0.206. The number of nitrogens with one attached hydrogen (secondary N) is 1. The maximum atomic E-state index is 5.74. The van der Waals surface area contributed by atoms with Gasteiger partial charge in [0.15, 0.2) is 0 Å². The molecule has 0 saturated carbocycles. The second-order valence-electron chi connectivity index (χ2n) is 4.87. The number of anilines is 2. The number of ether oxygens (including phenoxy) is 1. The van der Waals surface area contributed by atoms with Crippen molar-refractivity contribution in [2.75, 3.05) is 23.4 Å². The van der Waals surface area contributed by atoms with E-state index in [9.17, 15) is 0 Å². The maximum Gasteiger partial charge on any atom is 0.148 e. The second-order valence-corrected chi connectivity index (χ2v) is 4.87. The number of hydrogen-bond donors (Lipinski definition) is 2. The first-order valence-electron chi connectivity index (χ1n) is 6.23. The van der Waals surface area contributed by atoms with Crippen molar-refractivity contribution in [2.24, 2.45) is 5.84 Å². The third-order valence-electron chi connectivity index (χ3n) is 3.09. The monoisotopic (exact) mass is 251 g/mol. The molecule has 0 bridgehead atoms. The van der Waals surface area contributed by atoms with Crippen molar-refractivity contribution in [1.29, 1.82) is 0 Å². The van der Waals surface area contributed by atoms with Crippen molar-refractivity contribution in [3.8, 4) is 0 Å². The topological polar surface area (TPSA) is 76.3 Å². The largest absolute Gasteiger partial charge is 0.372 e. The zero-order valence-corrected chi connectivity index (χ0v) is 11.4. The van der Waals surface area contributed by atoms with Crippen LogP contribution in [0.5, 0.6) is 0 Å². The molecule has 0 aliphatic carbocycles. The van der Waals surface area contributed by atoms with E-state index in [1.807, 2.05) is 13.8 Å². The lowest BCUT2D eigenvalue weighted by atomic mass is 10.2. The molecule has 1 saturated heterocycles. The summed E-state index contributed by atoms with van der Waals surface area (Å²) < 4.78 is 5.74. The first-order valence-corrected chi connectivity index (χ1v) is 6.23. The molecule has 0 spiro atoms. The van der Waals surface area contributed by atoms with Gasteiger partial charge in [-0.3, -0.25) is 0 Å². The molecule has 1 aromatic heterocycles. The van der Waals surface area contributed by atoms with Gasteiger partial charge < -0.3 is 15.1 Å². The first-order chi connectivity index (χ1) is 8.51. The highest BCUT2D eigenvalue weighted by atomic mass is 16.5. The highest BCUT2D eigenvalue weighted by Gasteiger charge is 2.25. The molecular weight excluding hydrogens is 230 g/mol. The van der Waals surface area contributed by atoms with Gasteiger partial charge in [0.1, 0.15) is 17.5 Å². The van der Waals surface area contributed by atoms with Crippen LogP contribution < -0.4 is 16.2 Å². The van der Waals surface area contributed by atoms with Crippen molar-refractivity contribution >= 4 is 11.6 Å². The fraction of sp³-hybridized carbons (Fsp3) is 0.667. The Morgan fingerprint density at radius 2 is 1.83 bits per heavy atom. The Kier molecular flexibility index (Phi) is 3.68. The lowest BCUT2D eigenvalue weighted by molar-refractivity contribution is -0.00550. The molecule has 3 N–H and O–H groups in total. The van der Waals surface area contributed by atoms with Crippen LogP contribution in [0.3, 0.4) is 0 Å². The number of morpholine rings is 1. The third kappa shape index (κ3) is 2.54. The van der Waals surface area contributed by atoms with Crippen LogP contribution in [-0.4, -0.2) is 35.3 Å². The summed E-state index contributed by atoms with van der Waals surface area (Å²) in [6.45, 7) is 9.69. The van der Waals surface area contributed by atoms with Crippen LogP contribution in [0.1, 0.15) is 25.2 Å². The van der Waals surface area contributed by atoms with E-state index in [2.05, 4.69) is 34.1 Å². The number of nitrogen functional groups attached to an aromatic ring is 1. The van der Waals surface area contributed by atoms with E-state index in [-0.39, 0.29) is 12.2 Å². The fourth-order valence-electron chi connectivity index (χ4n) is 2.41. The quantitative estimate of drug-likeness (QED) is 0.603. The summed E-state index contributed by atoms with van der Waals surface area (Å²) in [6.07, 6.45) is 0.412. The minimum atomic E-state index is 0.206. The predicted octanol–water partition coefficient (Wildman–Crippen LogP) is 0.993. The number of hydrazine groups is 1. The lowest BCUT2D eigenvalue weighted by Gasteiger charge is -2.37. The van der Waals surface area contributed by atoms with E-state index in [0.717, 1.165) is 30.3 Å². The molecule has 1 aliphatic heterocycles. The van der Waals surface area contributed by atoms with E-state index in [0.29, 0.717) is 5.82 Å². The van der Waals surface area contributed by atoms with Crippen LogP contribution >= 0.6 is 0 Å². The molecule has 0 amide bonds. The molecule has 2 atom stereocenters. The summed E-state index contributed by atoms with van der Waals surface area (Å²) in [4.78, 5) is 11.1. The maximum absolute atomic E-state index is 5.74. The van der Waals surface area contributed by atoms with Gasteiger partial charge in [0, 0.05) is 18.7 Å². The summed E-state index contributed by atoms with van der Waals surface area (Å²) in [7, 11) is 0. The van der Waals surface area contributed by atoms with E-state index in [4.69, 9.17) is 10.6 Å². The lowest BCUT2D eigenvalue weighted by Crippen LogP contribution is -2.46. The Bertz CT molecular complexity index is 427. The van der Waals surface area contributed by atoms with Crippen molar-refractivity contribution in [1.82, 2.24) is 9.97 Å². The van der Waals surface area contributed by atoms with Gasteiger partial charge in [-0.15, -0.1) is 0 Å². The highest BCUT2D eigenvalue weighted by molar-refractivity contribution is 5.58. The van der Waals surface area contributed by atoms with Crippen LogP contribution in [-0.2, 0) is 4.74 Å². The van der Waals surface area contributed by atoms with Gasteiger partial charge in [0.2, 0.25) is 0 Å². The van der Waals surface area contributed by atoms with Gasteiger partial charge >= 0.3 is 0 Å². The summed E-state index contributed by atoms with van der Waals surface area (Å²) in [6, 6.07) is 0. The zero-order valence-electron chi connectivity index (χ0n) is 11.4. The summed E-state index contributed by atoms with van der Waals surface area (Å²) in [5.41, 5.74) is 3.61. The Balaban J connectivity index is 2.35. The molecule has 0 unspecified atom stereocenters. The van der Waals surface area contributed by atoms with E-state index >= 15 is 0 Å². The molecule has 1 aromatic rings.